The first-order valence-electron chi connectivity index (χ1n) is 7.94. The van der Waals surface area contributed by atoms with Crippen LogP contribution in [0.15, 0.2) is 53.6 Å². The normalized spacial score (nSPS) is 11.5. The molecule has 0 aromatic heterocycles. The number of carbonyl (C=O) groups is 1. The van der Waals surface area contributed by atoms with E-state index in [9.17, 15) is 4.79 Å². The van der Waals surface area contributed by atoms with E-state index in [2.05, 4.69) is 24.4 Å². The van der Waals surface area contributed by atoms with Gasteiger partial charge >= 0.3 is 0 Å². The number of halogens is 2. The number of ether oxygens (including phenoxy) is 1. The van der Waals surface area contributed by atoms with Crippen molar-refractivity contribution in [2.24, 2.45) is 11.0 Å². The van der Waals surface area contributed by atoms with E-state index < -0.39 is 0 Å². The molecule has 2 aromatic rings. The van der Waals surface area contributed by atoms with E-state index in [0.29, 0.717) is 21.7 Å². The largest absolute Gasteiger partial charge is 0.482 e. The van der Waals surface area contributed by atoms with Crippen molar-refractivity contribution in [1.82, 2.24) is 5.43 Å². The molecule has 0 atom stereocenters. The van der Waals surface area contributed by atoms with Gasteiger partial charge in [-0.15, -0.1) is 0 Å². The molecule has 0 bridgehead atoms. The van der Waals surface area contributed by atoms with Crippen molar-refractivity contribution in [3.8, 4) is 5.75 Å². The Kier molecular flexibility index (Phi) is 7.29. The molecule has 0 unspecified atom stereocenters. The number of carbonyl (C=O) groups excluding carboxylic acids is 1. The number of hydrazone groups is 1. The lowest BCUT2D eigenvalue weighted by atomic mass is 10.0. The number of nitrogens with zero attached hydrogens (tertiary/aromatic N) is 1. The Bertz CT molecular complexity index is 746. The van der Waals surface area contributed by atoms with Crippen LogP contribution in [0.3, 0.4) is 0 Å². The molecule has 2 rings (SSSR count). The van der Waals surface area contributed by atoms with Gasteiger partial charge in [0.25, 0.3) is 5.91 Å². The van der Waals surface area contributed by atoms with Crippen LogP contribution in [0.5, 0.6) is 5.75 Å². The lowest BCUT2D eigenvalue weighted by Crippen LogP contribution is -2.26. The first kappa shape index (κ1) is 19.3. The smallest absolute Gasteiger partial charge is 0.277 e. The van der Waals surface area contributed by atoms with Crippen LogP contribution < -0.4 is 10.2 Å². The Morgan fingerprint density at radius 3 is 2.52 bits per heavy atom. The fourth-order valence-corrected chi connectivity index (χ4v) is 2.61. The van der Waals surface area contributed by atoms with Gasteiger partial charge in [-0.1, -0.05) is 67.4 Å². The number of amides is 1. The lowest BCUT2D eigenvalue weighted by molar-refractivity contribution is -0.123. The van der Waals surface area contributed by atoms with Crippen LogP contribution in [-0.4, -0.2) is 18.2 Å². The highest BCUT2D eigenvalue weighted by Gasteiger charge is 2.09. The summed E-state index contributed by atoms with van der Waals surface area (Å²) in [6.07, 6.45) is 0.758. The molecule has 1 amide bonds. The van der Waals surface area contributed by atoms with E-state index in [1.165, 1.54) is 0 Å². The lowest BCUT2D eigenvalue weighted by Gasteiger charge is -2.11. The van der Waals surface area contributed by atoms with Crippen molar-refractivity contribution in [3.63, 3.8) is 0 Å². The van der Waals surface area contributed by atoms with Crippen LogP contribution in [0, 0.1) is 5.92 Å². The average molecular weight is 379 g/mol. The van der Waals surface area contributed by atoms with E-state index in [0.717, 1.165) is 17.7 Å². The Balaban J connectivity index is 1.98. The summed E-state index contributed by atoms with van der Waals surface area (Å²) in [6.45, 7) is 4.02. The van der Waals surface area contributed by atoms with Crippen molar-refractivity contribution in [1.29, 1.82) is 0 Å². The molecule has 0 spiro atoms. The highest BCUT2D eigenvalue weighted by molar-refractivity contribution is 6.35. The van der Waals surface area contributed by atoms with Crippen molar-refractivity contribution >= 4 is 34.8 Å². The summed E-state index contributed by atoms with van der Waals surface area (Å²) in [4.78, 5) is 12.0. The Morgan fingerprint density at radius 1 is 1.16 bits per heavy atom. The first-order valence-corrected chi connectivity index (χ1v) is 8.70. The molecular formula is C19H20Cl2N2O2. The third kappa shape index (κ3) is 6.40. The Morgan fingerprint density at radius 2 is 1.88 bits per heavy atom. The van der Waals surface area contributed by atoms with Gasteiger partial charge in [-0.25, -0.2) is 5.43 Å². The zero-order valence-corrected chi connectivity index (χ0v) is 15.6. The second-order valence-electron chi connectivity index (χ2n) is 5.92. The minimum absolute atomic E-state index is 0.186. The fourth-order valence-electron chi connectivity index (χ4n) is 2.14. The van der Waals surface area contributed by atoms with Gasteiger partial charge in [0, 0.05) is 5.02 Å². The van der Waals surface area contributed by atoms with E-state index in [4.69, 9.17) is 27.9 Å². The summed E-state index contributed by atoms with van der Waals surface area (Å²) >= 11 is 11.8. The molecule has 0 saturated heterocycles. The number of nitrogens with one attached hydrogen (secondary N) is 1. The topological polar surface area (TPSA) is 50.7 Å². The number of hydrogen-bond donors (Lipinski definition) is 1. The molecule has 1 N–H and O–H groups in total. The SMILES string of the molecule is CC(C)C/C(=N\NC(=O)COc1ccc(Cl)cc1Cl)c1ccccc1. The minimum Gasteiger partial charge on any atom is -0.482 e. The Labute approximate surface area is 157 Å². The number of rotatable bonds is 7. The highest BCUT2D eigenvalue weighted by atomic mass is 35.5. The molecule has 0 fully saturated rings. The second kappa shape index (κ2) is 9.44. The predicted molar refractivity (Wildman–Crippen MR) is 103 cm³/mol. The van der Waals surface area contributed by atoms with Gasteiger partial charge in [0.05, 0.1) is 10.7 Å². The van der Waals surface area contributed by atoms with Gasteiger partial charge in [-0.05, 0) is 36.1 Å². The number of benzene rings is 2. The maximum absolute atomic E-state index is 12.0. The summed E-state index contributed by atoms with van der Waals surface area (Å²) in [7, 11) is 0. The van der Waals surface area contributed by atoms with Gasteiger partial charge < -0.3 is 4.74 Å². The molecule has 0 saturated carbocycles. The maximum Gasteiger partial charge on any atom is 0.277 e. The number of hydrogen-bond acceptors (Lipinski definition) is 3. The van der Waals surface area contributed by atoms with Crippen LogP contribution in [0.4, 0.5) is 0 Å². The quantitative estimate of drug-likeness (QED) is 0.547. The van der Waals surface area contributed by atoms with Crippen molar-refractivity contribution in [2.75, 3.05) is 6.61 Å². The highest BCUT2D eigenvalue weighted by Crippen LogP contribution is 2.27. The van der Waals surface area contributed by atoms with Gasteiger partial charge in [0.1, 0.15) is 5.75 Å². The van der Waals surface area contributed by atoms with Crippen LogP contribution in [0.25, 0.3) is 0 Å². The molecule has 4 nitrogen and oxygen atoms in total. The molecular weight excluding hydrogens is 359 g/mol. The van der Waals surface area contributed by atoms with Crippen molar-refractivity contribution in [2.45, 2.75) is 20.3 Å². The van der Waals surface area contributed by atoms with Crippen LogP contribution in [0.1, 0.15) is 25.8 Å². The van der Waals surface area contributed by atoms with Gasteiger partial charge in [0.2, 0.25) is 0 Å². The molecule has 132 valence electrons. The van der Waals surface area contributed by atoms with Gasteiger partial charge in [-0.3, -0.25) is 4.79 Å². The van der Waals surface area contributed by atoms with E-state index in [-0.39, 0.29) is 12.5 Å². The predicted octanol–water partition coefficient (Wildman–Crippen LogP) is 4.94. The molecule has 0 radical (unpaired) electrons. The third-order valence-corrected chi connectivity index (χ3v) is 3.81. The van der Waals surface area contributed by atoms with Gasteiger partial charge in [-0.2, -0.15) is 5.10 Å². The molecule has 0 heterocycles. The van der Waals surface area contributed by atoms with Crippen molar-refractivity contribution < 1.29 is 9.53 Å². The van der Waals surface area contributed by atoms with Crippen molar-refractivity contribution in [3.05, 3.63) is 64.1 Å². The summed E-state index contributed by atoms with van der Waals surface area (Å²) in [5.41, 5.74) is 4.35. The Hall–Kier alpha value is -2.04. The molecule has 0 aliphatic heterocycles. The summed E-state index contributed by atoms with van der Waals surface area (Å²) in [5, 5.41) is 5.13. The summed E-state index contributed by atoms with van der Waals surface area (Å²) in [6, 6.07) is 14.6. The zero-order chi connectivity index (χ0) is 18.2. The zero-order valence-electron chi connectivity index (χ0n) is 14.1. The second-order valence-corrected chi connectivity index (χ2v) is 6.76. The minimum atomic E-state index is -0.358. The molecule has 2 aromatic carbocycles. The maximum atomic E-state index is 12.0. The monoisotopic (exact) mass is 378 g/mol. The van der Waals surface area contributed by atoms with E-state index >= 15 is 0 Å². The first-order chi connectivity index (χ1) is 12.0. The fraction of sp³-hybridized carbons (Fsp3) is 0.263. The summed E-state index contributed by atoms with van der Waals surface area (Å²) in [5.74, 6) is 0.457. The average Bonchev–Trinajstić information content (AvgIpc) is 2.58. The van der Waals surface area contributed by atoms with E-state index in [1.54, 1.807) is 18.2 Å². The van der Waals surface area contributed by atoms with Crippen LogP contribution >= 0.6 is 23.2 Å². The van der Waals surface area contributed by atoms with E-state index in [1.807, 2.05) is 30.3 Å². The van der Waals surface area contributed by atoms with Crippen LogP contribution in [0.2, 0.25) is 10.0 Å². The molecule has 25 heavy (non-hydrogen) atoms. The molecule has 0 aliphatic carbocycles. The van der Waals surface area contributed by atoms with Gasteiger partial charge in [0.15, 0.2) is 6.61 Å². The summed E-state index contributed by atoms with van der Waals surface area (Å²) < 4.78 is 5.40. The standard InChI is InChI=1S/C19H20Cl2N2O2/c1-13(2)10-17(14-6-4-3-5-7-14)22-23-19(24)12-25-18-9-8-15(20)11-16(18)21/h3-9,11,13H,10,12H2,1-2H3,(H,23,24)/b22-17+. The molecule has 6 heteroatoms. The third-order valence-electron chi connectivity index (χ3n) is 3.28. The van der Waals surface area contributed by atoms with Crippen LogP contribution in [-0.2, 0) is 4.79 Å². The molecule has 0 aliphatic rings.